The van der Waals surface area contributed by atoms with E-state index in [0.29, 0.717) is 5.92 Å². The van der Waals surface area contributed by atoms with Gasteiger partial charge < -0.3 is 9.14 Å². The summed E-state index contributed by atoms with van der Waals surface area (Å²) in [7, 11) is 0. The lowest BCUT2D eigenvalue weighted by Gasteiger charge is -2.06. The Morgan fingerprint density at radius 1 is 1.56 bits per heavy atom. The Morgan fingerprint density at radius 2 is 2.50 bits per heavy atom. The van der Waals surface area contributed by atoms with Crippen LogP contribution in [0.3, 0.4) is 0 Å². The van der Waals surface area contributed by atoms with E-state index in [-0.39, 0.29) is 0 Å². The van der Waals surface area contributed by atoms with Crippen LogP contribution in [0.25, 0.3) is 5.52 Å². The van der Waals surface area contributed by atoms with E-state index in [1.807, 2.05) is 18.3 Å². The molecule has 2 aromatic heterocycles. The Bertz CT molecular complexity index is 503. The van der Waals surface area contributed by atoms with Crippen LogP contribution in [0.15, 0.2) is 29.0 Å². The van der Waals surface area contributed by atoms with Gasteiger partial charge in [0.15, 0.2) is 0 Å². The summed E-state index contributed by atoms with van der Waals surface area (Å²) in [5, 5.41) is 0. The smallest absolute Gasteiger partial charge is 0.113 e. The predicted molar refractivity (Wildman–Crippen MR) is 65.5 cm³/mol. The maximum atomic E-state index is 5.40. The van der Waals surface area contributed by atoms with E-state index in [1.54, 1.807) is 0 Å². The predicted octanol–water partition coefficient (Wildman–Crippen LogP) is 2.68. The van der Waals surface area contributed by atoms with Crippen LogP contribution in [0.1, 0.15) is 12.2 Å². The Hall–Kier alpha value is -0.870. The average Bonchev–Trinajstić information content (AvgIpc) is 2.90. The quantitative estimate of drug-likeness (QED) is 0.846. The van der Waals surface area contributed by atoms with Gasteiger partial charge in [0.25, 0.3) is 0 Å². The molecule has 3 nitrogen and oxygen atoms in total. The summed E-state index contributed by atoms with van der Waals surface area (Å²) in [5.41, 5.74) is 1.14. The topological polar surface area (TPSA) is 26.5 Å². The van der Waals surface area contributed by atoms with Crippen molar-refractivity contribution in [2.24, 2.45) is 5.92 Å². The molecular formula is C12H13BrN2O. The first kappa shape index (κ1) is 10.3. The van der Waals surface area contributed by atoms with Gasteiger partial charge in [-0.3, -0.25) is 0 Å². The first-order valence-electron chi connectivity index (χ1n) is 5.53. The number of aromatic nitrogens is 2. The van der Waals surface area contributed by atoms with Crippen LogP contribution >= 0.6 is 15.9 Å². The summed E-state index contributed by atoms with van der Waals surface area (Å²) in [6.07, 6.45) is 6.15. The van der Waals surface area contributed by atoms with Crippen molar-refractivity contribution in [2.45, 2.75) is 12.8 Å². The maximum Gasteiger partial charge on any atom is 0.113 e. The van der Waals surface area contributed by atoms with Crippen molar-refractivity contribution in [1.82, 2.24) is 9.38 Å². The van der Waals surface area contributed by atoms with E-state index in [9.17, 15) is 0 Å². The first-order chi connectivity index (χ1) is 7.84. The van der Waals surface area contributed by atoms with Gasteiger partial charge in [0.05, 0.1) is 11.7 Å². The molecule has 0 radical (unpaired) electrons. The van der Waals surface area contributed by atoms with Gasteiger partial charge in [-0.1, -0.05) is 0 Å². The molecule has 0 spiro atoms. The lowest BCUT2D eigenvalue weighted by molar-refractivity contribution is 0.185. The van der Waals surface area contributed by atoms with Gasteiger partial charge in [-0.05, 0) is 40.4 Å². The van der Waals surface area contributed by atoms with Gasteiger partial charge in [0.1, 0.15) is 5.82 Å². The summed E-state index contributed by atoms with van der Waals surface area (Å²) in [4.78, 5) is 4.50. The van der Waals surface area contributed by atoms with Crippen LogP contribution in [-0.2, 0) is 11.2 Å². The van der Waals surface area contributed by atoms with Crippen molar-refractivity contribution in [3.05, 3.63) is 34.8 Å². The number of imidazole rings is 1. The molecule has 0 amide bonds. The minimum absolute atomic E-state index is 0.629. The second kappa shape index (κ2) is 4.18. The standard InChI is InChI=1S/C12H13BrN2O/c13-10-2-1-4-15-11(10)7-14-12(15)6-9-3-5-16-8-9/h1-2,4,7,9H,3,5-6,8H2. The highest BCUT2D eigenvalue weighted by Crippen LogP contribution is 2.22. The van der Waals surface area contributed by atoms with Crippen LogP contribution in [-0.4, -0.2) is 22.6 Å². The van der Waals surface area contributed by atoms with Gasteiger partial charge in [-0.15, -0.1) is 0 Å². The number of halogens is 1. The normalized spacial score (nSPS) is 20.7. The highest BCUT2D eigenvalue weighted by molar-refractivity contribution is 9.10. The fraction of sp³-hybridized carbons (Fsp3) is 0.417. The molecule has 84 valence electrons. The van der Waals surface area contributed by atoms with E-state index >= 15 is 0 Å². The third-order valence-electron chi connectivity index (χ3n) is 3.09. The van der Waals surface area contributed by atoms with Gasteiger partial charge in [-0.25, -0.2) is 4.98 Å². The third kappa shape index (κ3) is 1.76. The molecule has 1 saturated heterocycles. The molecule has 3 heterocycles. The molecule has 0 N–H and O–H groups in total. The van der Waals surface area contributed by atoms with E-state index in [4.69, 9.17) is 4.74 Å². The van der Waals surface area contributed by atoms with E-state index in [2.05, 4.69) is 31.5 Å². The maximum absolute atomic E-state index is 5.40. The number of rotatable bonds is 2. The zero-order chi connectivity index (χ0) is 11.0. The SMILES string of the molecule is Brc1cccn2c(CC3CCOC3)ncc12. The Kier molecular flexibility index (Phi) is 2.69. The lowest BCUT2D eigenvalue weighted by Crippen LogP contribution is -2.06. The van der Waals surface area contributed by atoms with Crippen LogP contribution in [0.5, 0.6) is 0 Å². The summed E-state index contributed by atoms with van der Waals surface area (Å²) in [6, 6.07) is 4.08. The van der Waals surface area contributed by atoms with Crippen LogP contribution in [0, 0.1) is 5.92 Å². The molecule has 0 aromatic carbocycles. The van der Waals surface area contributed by atoms with E-state index in [1.165, 1.54) is 0 Å². The van der Waals surface area contributed by atoms with Gasteiger partial charge >= 0.3 is 0 Å². The average molecular weight is 281 g/mol. The fourth-order valence-electron chi connectivity index (χ4n) is 2.19. The molecular weight excluding hydrogens is 268 g/mol. The number of fused-ring (bicyclic) bond motifs is 1. The van der Waals surface area contributed by atoms with Crippen LogP contribution in [0.4, 0.5) is 0 Å². The van der Waals surface area contributed by atoms with Crippen molar-refractivity contribution in [3.8, 4) is 0 Å². The Labute approximate surface area is 103 Å². The number of hydrogen-bond donors (Lipinski definition) is 0. The molecule has 1 unspecified atom stereocenters. The highest BCUT2D eigenvalue weighted by atomic mass is 79.9. The number of nitrogens with zero attached hydrogens (tertiary/aromatic N) is 2. The first-order valence-corrected chi connectivity index (χ1v) is 6.32. The van der Waals surface area contributed by atoms with Crippen molar-refractivity contribution >= 4 is 21.4 Å². The molecule has 1 fully saturated rings. The highest BCUT2D eigenvalue weighted by Gasteiger charge is 2.18. The van der Waals surface area contributed by atoms with Crippen molar-refractivity contribution < 1.29 is 4.74 Å². The molecule has 4 heteroatoms. The van der Waals surface area contributed by atoms with Gasteiger partial charge in [0, 0.05) is 30.3 Å². The minimum atomic E-state index is 0.629. The number of hydrogen-bond acceptors (Lipinski definition) is 2. The molecule has 0 bridgehead atoms. The minimum Gasteiger partial charge on any atom is -0.381 e. The monoisotopic (exact) mass is 280 g/mol. The zero-order valence-electron chi connectivity index (χ0n) is 8.90. The molecule has 0 saturated carbocycles. The van der Waals surface area contributed by atoms with Crippen molar-refractivity contribution in [1.29, 1.82) is 0 Å². The van der Waals surface area contributed by atoms with Gasteiger partial charge in [-0.2, -0.15) is 0 Å². The van der Waals surface area contributed by atoms with Crippen LogP contribution < -0.4 is 0 Å². The third-order valence-corrected chi connectivity index (χ3v) is 3.76. The zero-order valence-corrected chi connectivity index (χ0v) is 10.5. The Morgan fingerprint density at radius 3 is 3.31 bits per heavy atom. The van der Waals surface area contributed by atoms with Crippen molar-refractivity contribution in [3.63, 3.8) is 0 Å². The summed E-state index contributed by atoms with van der Waals surface area (Å²) in [5.74, 6) is 1.76. The Balaban J connectivity index is 1.94. The summed E-state index contributed by atoms with van der Waals surface area (Å²) in [6.45, 7) is 1.78. The molecule has 0 aliphatic carbocycles. The fourth-order valence-corrected chi connectivity index (χ4v) is 2.64. The van der Waals surface area contributed by atoms with E-state index in [0.717, 1.165) is 41.9 Å². The second-order valence-electron chi connectivity index (χ2n) is 4.22. The number of ether oxygens (including phenoxy) is 1. The lowest BCUT2D eigenvalue weighted by atomic mass is 10.1. The van der Waals surface area contributed by atoms with Crippen LogP contribution in [0.2, 0.25) is 0 Å². The molecule has 2 aromatic rings. The van der Waals surface area contributed by atoms with Crippen molar-refractivity contribution in [2.75, 3.05) is 13.2 Å². The molecule has 1 atom stereocenters. The van der Waals surface area contributed by atoms with E-state index < -0.39 is 0 Å². The molecule has 16 heavy (non-hydrogen) atoms. The molecule has 1 aliphatic rings. The van der Waals surface area contributed by atoms with Gasteiger partial charge in [0.2, 0.25) is 0 Å². The molecule has 3 rings (SSSR count). The second-order valence-corrected chi connectivity index (χ2v) is 5.07. The summed E-state index contributed by atoms with van der Waals surface area (Å²) < 4.78 is 8.64. The molecule has 1 aliphatic heterocycles. The largest absolute Gasteiger partial charge is 0.381 e. The number of pyridine rings is 1. The summed E-state index contributed by atoms with van der Waals surface area (Å²) >= 11 is 3.54.